The van der Waals surface area contributed by atoms with Gasteiger partial charge in [-0.05, 0) is 49.1 Å². The Bertz CT molecular complexity index is 621. The minimum atomic E-state index is 0.386. The number of benzene rings is 2. The van der Waals surface area contributed by atoms with Crippen molar-refractivity contribution >= 4 is 5.69 Å². The smallest absolute Gasteiger partial charge is 0.154 e. The molecule has 0 aromatic heterocycles. The topological polar surface area (TPSA) is 44.5 Å². The van der Waals surface area contributed by atoms with Gasteiger partial charge in [0.15, 0.2) is 5.75 Å². The third kappa shape index (κ3) is 3.48. The first-order chi connectivity index (χ1) is 10.0. The second-order valence-electron chi connectivity index (χ2n) is 5.40. The summed E-state index contributed by atoms with van der Waals surface area (Å²) in [5, 5.41) is 0. The standard InChI is InChI=1S/C18H23NO2/c1-5-20-15-7-6-8-16(18(15)19)21-17-11-13(4)9-10-14(17)12(2)3/h6-12H,5,19H2,1-4H3. The molecule has 0 saturated carbocycles. The molecular weight excluding hydrogens is 262 g/mol. The van der Waals surface area contributed by atoms with E-state index in [1.165, 1.54) is 5.56 Å². The van der Waals surface area contributed by atoms with Gasteiger partial charge >= 0.3 is 0 Å². The molecule has 0 aliphatic rings. The highest BCUT2D eigenvalue weighted by Crippen LogP contribution is 2.37. The molecule has 0 bridgehead atoms. The van der Waals surface area contributed by atoms with Gasteiger partial charge in [-0.3, -0.25) is 0 Å². The molecule has 0 amide bonds. The lowest BCUT2D eigenvalue weighted by atomic mass is 10.0. The van der Waals surface area contributed by atoms with Crippen LogP contribution in [0, 0.1) is 6.92 Å². The van der Waals surface area contributed by atoms with E-state index >= 15 is 0 Å². The second-order valence-corrected chi connectivity index (χ2v) is 5.40. The molecule has 0 fully saturated rings. The fraction of sp³-hybridized carbons (Fsp3) is 0.333. The van der Waals surface area contributed by atoms with Gasteiger partial charge < -0.3 is 15.2 Å². The Morgan fingerprint density at radius 2 is 1.76 bits per heavy atom. The number of para-hydroxylation sites is 1. The first-order valence-corrected chi connectivity index (χ1v) is 7.32. The predicted molar refractivity (Wildman–Crippen MR) is 87.4 cm³/mol. The molecule has 2 rings (SSSR count). The van der Waals surface area contributed by atoms with Gasteiger partial charge in [0, 0.05) is 0 Å². The minimum absolute atomic E-state index is 0.386. The van der Waals surface area contributed by atoms with E-state index in [0.717, 1.165) is 11.3 Å². The van der Waals surface area contributed by atoms with Gasteiger partial charge in [-0.15, -0.1) is 0 Å². The summed E-state index contributed by atoms with van der Waals surface area (Å²) in [6.45, 7) is 8.87. The summed E-state index contributed by atoms with van der Waals surface area (Å²) in [6.07, 6.45) is 0. The summed E-state index contributed by atoms with van der Waals surface area (Å²) in [5.74, 6) is 2.53. The number of nitrogen functional groups attached to an aromatic ring is 1. The van der Waals surface area contributed by atoms with Crippen LogP contribution < -0.4 is 15.2 Å². The van der Waals surface area contributed by atoms with E-state index in [2.05, 4.69) is 32.9 Å². The lowest BCUT2D eigenvalue weighted by molar-refractivity contribution is 0.340. The Kier molecular flexibility index (Phi) is 4.73. The van der Waals surface area contributed by atoms with Crippen molar-refractivity contribution in [3.05, 3.63) is 47.5 Å². The van der Waals surface area contributed by atoms with Crippen LogP contribution in [0.5, 0.6) is 17.2 Å². The molecule has 0 unspecified atom stereocenters. The van der Waals surface area contributed by atoms with Crippen molar-refractivity contribution in [2.45, 2.75) is 33.6 Å². The average molecular weight is 285 g/mol. The summed E-state index contributed by atoms with van der Waals surface area (Å²) in [7, 11) is 0. The number of aryl methyl sites for hydroxylation is 1. The Hall–Kier alpha value is -2.16. The van der Waals surface area contributed by atoms with Crippen molar-refractivity contribution in [1.82, 2.24) is 0 Å². The van der Waals surface area contributed by atoms with Crippen molar-refractivity contribution in [3.63, 3.8) is 0 Å². The van der Waals surface area contributed by atoms with Crippen molar-refractivity contribution < 1.29 is 9.47 Å². The summed E-state index contributed by atoms with van der Waals surface area (Å²) in [5.41, 5.74) is 9.00. The van der Waals surface area contributed by atoms with Crippen LogP contribution in [0.25, 0.3) is 0 Å². The third-order valence-electron chi connectivity index (χ3n) is 3.34. The minimum Gasteiger partial charge on any atom is -0.492 e. The van der Waals surface area contributed by atoms with Crippen molar-refractivity contribution in [2.24, 2.45) is 0 Å². The van der Waals surface area contributed by atoms with E-state index in [-0.39, 0.29) is 0 Å². The molecule has 2 aromatic carbocycles. The fourth-order valence-corrected chi connectivity index (χ4v) is 2.22. The Labute approximate surface area is 126 Å². The Morgan fingerprint density at radius 3 is 2.43 bits per heavy atom. The van der Waals surface area contributed by atoms with Crippen molar-refractivity contribution in [3.8, 4) is 17.2 Å². The highest BCUT2D eigenvalue weighted by Gasteiger charge is 2.12. The van der Waals surface area contributed by atoms with E-state index in [1.54, 1.807) is 0 Å². The highest BCUT2D eigenvalue weighted by molar-refractivity contribution is 5.64. The van der Waals surface area contributed by atoms with Crippen LogP contribution in [0.15, 0.2) is 36.4 Å². The molecule has 21 heavy (non-hydrogen) atoms. The van der Waals surface area contributed by atoms with Crippen LogP contribution in [0.1, 0.15) is 37.8 Å². The molecule has 0 aliphatic heterocycles. The van der Waals surface area contributed by atoms with Crippen LogP contribution in [-0.4, -0.2) is 6.61 Å². The molecule has 112 valence electrons. The third-order valence-corrected chi connectivity index (χ3v) is 3.34. The largest absolute Gasteiger partial charge is 0.492 e. The van der Waals surface area contributed by atoms with Crippen LogP contribution in [0.2, 0.25) is 0 Å². The summed E-state index contributed by atoms with van der Waals surface area (Å²) < 4.78 is 11.6. The maximum Gasteiger partial charge on any atom is 0.154 e. The number of anilines is 1. The zero-order chi connectivity index (χ0) is 15.4. The van der Waals surface area contributed by atoms with Crippen LogP contribution in [-0.2, 0) is 0 Å². The van der Waals surface area contributed by atoms with Gasteiger partial charge in [0.05, 0.1) is 6.61 Å². The molecule has 2 aromatic rings. The zero-order valence-electron chi connectivity index (χ0n) is 13.1. The number of hydrogen-bond acceptors (Lipinski definition) is 3. The highest BCUT2D eigenvalue weighted by atomic mass is 16.5. The van der Waals surface area contributed by atoms with Gasteiger partial charge in [0.25, 0.3) is 0 Å². The van der Waals surface area contributed by atoms with Gasteiger partial charge in [0.2, 0.25) is 0 Å². The molecule has 2 N–H and O–H groups in total. The lowest BCUT2D eigenvalue weighted by Crippen LogP contribution is -2.00. The monoisotopic (exact) mass is 285 g/mol. The number of hydrogen-bond donors (Lipinski definition) is 1. The molecule has 0 heterocycles. The fourth-order valence-electron chi connectivity index (χ4n) is 2.22. The Balaban J connectivity index is 2.38. The second kappa shape index (κ2) is 6.53. The molecule has 0 radical (unpaired) electrons. The van der Waals surface area contributed by atoms with Crippen LogP contribution in [0.4, 0.5) is 5.69 Å². The first kappa shape index (κ1) is 15.2. The van der Waals surface area contributed by atoms with E-state index in [9.17, 15) is 0 Å². The van der Waals surface area contributed by atoms with Gasteiger partial charge in [-0.25, -0.2) is 0 Å². The first-order valence-electron chi connectivity index (χ1n) is 7.32. The normalized spacial score (nSPS) is 10.7. The van der Waals surface area contributed by atoms with Crippen molar-refractivity contribution in [1.29, 1.82) is 0 Å². The number of ether oxygens (including phenoxy) is 2. The molecule has 0 aliphatic carbocycles. The van der Waals surface area contributed by atoms with Gasteiger partial charge in [0.1, 0.15) is 17.2 Å². The van der Waals surface area contributed by atoms with Crippen molar-refractivity contribution in [2.75, 3.05) is 12.3 Å². The summed E-state index contributed by atoms with van der Waals surface area (Å²) in [4.78, 5) is 0. The van der Waals surface area contributed by atoms with E-state index in [1.807, 2.05) is 31.2 Å². The quantitative estimate of drug-likeness (QED) is 0.795. The van der Waals surface area contributed by atoms with Crippen LogP contribution >= 0.6 is 0 Å². The predicted octanol–water partition coefficient (Wildman–Crippen LogP) is 4.89. The average Bonchev–Trinajstić information content (AvgIpc) is 2.43. The maximum atomic E-state index is 6.13. The zero-order valence-corrected chi connectivity index (χ0v) is 13.1. The SMILES string of the molecule is CCOc1cccc(Oc2cc(C)ccc2C(C)C)c1N. The van der Waals surface area contributed by atoms with Gasteiger partial charge in [-0.2, -0.15) is 0 Å². The molecule has 3 heteroatoms. The molecular formula is C18H23NO2. The van der Waals surface area contributed by atoms with E-state index in [4.69, 9.17) is 15.2 Å². The Morgan fingerprint density at radius 1 is 1.05 bits per heavy atom. The molecule has 0 spiro atoms. The molecule has 0 atom stereocenters. The van der Waals surface area contributed by atoms with Gasteiger partial charge in [-0.1, -0.05) is 32.0 Å². The van der Waals surface area contributed by atoms with E-state index < -0.39 is 0 Å². The van der Waals surface area contributed by atoms with E-state index in [0.29, 0.717) is 29.7 Å². The van der Waals surface area contributed by atoms with Crippen LogP contribution in [0.3, 0.4) is 0 Å². The summed E-state index contributed by atoms with van der Waals surface area (Å²) >= 11 is 0. The molecule has 0 saturated heterocycles. The molecule has 3 nitrogen and oxygen atoms in total. The lowest BCUT2D eigenvalue weighted by Gasteiger charge is -2.17. The number of rotatable bonds is 5. The summed E-state index contributed by atoms with van der Waals surface area (Å²) in [6, 6.07) is 11.9. The number of nitrogens with two attached hydrogens (primary N) is 1. The maximum absolute atomic E-state index is 6.13.